The van der Waals surface area contributed by atoms with Crippen molar-refractivity contribution in [3.63, 3.8) is 0 Å². The Hall–Kier alpha value is -0.910. The molecule has 1 amide bonds. The second-order valence-corrected chi connectivity index (χ2v) is 6.52. The summed E-state index contributed by atoms with van der Waals surface area (Å²) in [5.74, 6) is 0.653. The molecular formula is C15H23NO3S. The van der Waals surface area contributed by atoms with Crippen molar-refractivity contribution < 1.29 is 14.6 Å². The van der Waals surface area contributed by atoms with Crippen LogP contribution in [0.15, 0.2) is 6.07 Å². The van der Waals surface area contributed by atoms with Crippen molar-refractivity contribution >= 4 is 17.2 Å². The van der Waals surface area contributed by atoms with E-state index in [4.69, 9.17) is 4.74 Å². The first-order valence-electron chi connectivity index (χ1n) is 7.20. The van der Waals surface area contributed by atoms with Gasteiger partial charge in [-0.2, -0.15) is 0 Å². The minimum atomic E-state index is -0.338. The Kier molecular flexibility index (Phi) is 5.57. The van der Waals surface area contributed by atoms with Crippen molar-refractivity contribution in [3.8, 4) is 0 Å². The van der Waals surface area contributed by atoms with Gasteiger partial charge >= 0.3 is 0 Å². The van der Waals surface area contributed by atoms with Crippen LogP contribution in [0.1, 0.15) is 39.9 Å². The molecular weight excluding hydrogens is 274 g/mol. The molecule has 1 aromatic heterocycles. The van der Waals surface area contributed by atoms with Crippen molar-refractivity contribution in [1.29, 1.82) is 0 Å². The van der Waals surface area contributed by atoms with Crippen molar-refractivity contribution in [2.45, 2.75) is 38.6 Å². The Morgan fingerprint density at radius 1 is 1.65 bits per heavy atom. The number of thiophene rings is 1. The maximum atomic E-state index is 12.2. The van der Waals surface area contributed by atoms with Crippen LogP contribution < -0.4 is 5.32 Å². The molecule has 2 unspecified atom stereocenters. The second-order valence-electron chi connectivity index (χ2n) is 5.38. The third-order valence-electron chi connectivity index (χ3n) is 3.91. The molecule has 2 N–H and O–H groups in total. The van der Waals surface area contributed by atoms with Crippen LogP contribution in [0, 0.1) is 5.92 Å². The highest BCUT2D eigenvalue weighted by molar-refractivity contribution is 7.14. The standard InChI is InChI=1S/C15H23NO3S/c1-3-10-4-5-13-11(6-10)7-14(20-13)15(18)16-12(8-17)9-19-2/h7,10,12,17H,3-6,8-9H2,1-2H3,(H,16,18). The van der Waals surface area contributed by atoms with Gasteiger partial charge in [0.15, 0.2) is 0 Å². The normalized spacial score (nSPS) is 19.4. The van der Waals surface area contributed by atoms with Crippen LogP contribution in [-0.2, 0) is 17.6 Å². The number of carbonyl (C=O) groups is 1. The molecule has 0 spiro atoms. The molecule has 1 aliphatic carbocycles. The largest absolute Gasteiger partial charge is 0.394 e. The monoisotopic (exact) mass is 297 g/mol. The molecule has 5 heteroatoms. The Labute approximate surface area is 124 Å². The molecule has 20 heavy (non-hydrogen) atoms. The number of nitrogens with one attached hydrogen (secondary N) is 1. The molecule has 1 heterocycles. The molecule has 2 atom stereocenters. The fourth-order valence-electron chi connectivity index (χ4n) is 2.66. The highest BCUT2D eigenvalue weighted by Gasteiger charge is 2.22. The minimum absolute atomic E-state index is 0.103. The maximum absolute atomic E-state index is 12.2. The van der Waals surface area contributed by atoms with Crippen LogP contribution >= 0.6 is 11.3 Å². The van der Waals surface area contributed by atoms with Crippen LogP contribution in [0.3, 0.4) is 0 Å². The fraction of sp³-hybridized carbons (Fsp3) is 0.667. The summed E-state index contributed by atoms with van der Waals surface area (Å²) in [7, 11) is 1.56. The molecule has 2 rings (SSSR count). The zero-order valence-corrected chi connectivity index (χ0v) is 13.0. The lowest BCUT2D eigenvalue weighted by Gasteiger charge is -2.19. The van der Waals surface area contributed by atoms with E-state index in [-0.39, 0.29) is 18.6 Å². The number of aliphatic hydroxyl groups excluding tert-OH is 1. The summed E-state index contributed by atoms with van der Waals surface area (Å²) in [6.45, 7) is 2.44. The van der Waals surface area contributed by atoms with E-state index < -0.39 is 0 Å². The summed E-state index contributed by atoms with van der Waals surface area (Å²) in [5, 5.41) is 12.0. The summed E-state index contributed by atoms with van der Waals surface area (Å²) < 4.78 is 4.97. The number of hydrogen-bond donors (Lipinski definition) is 2. The van der Waals surface area contributed by atoms with Gasteiger partial charge in [-0.3, -0.25) is 4.79 Å². The number of amides is 1. The zero-order valence-electron chi connectivity index (χ0n) is 12.1. The predicted octanol–water partition coefficient (Wildman–Crippen LogP) is 2.00. The van der Waals surface area contributed by atoms with Gasteiger partial charge in [0, 0.05) is 12.0 Å². The number of ether oxygens (including phenoxy) is 1. The van der Waals surface area contributed by atoms with E-state index in [1.54, 1.807) is 18.4 Å². The van der Waals surface area contributed by atoms with Crippen molar-refractivity contribution in [2.24, 2.45) is 5.92 Å². The van der Waals surface area contributed by atoms with Gasteiger partial charge in [-0.1, -0.05) is 13.3 Å². The topological polar surface area (TPSA) is 58.6 Å². The highest BCUT2D eigenvalue weighted by atomic mass is 32.1. The van der Waals surface area contributed by atoms with E-state index in [0.29, 0.717) is 6.61 Å². The molecule has 0 saturated heterocycles. The van der Waals surface area contributed by atoms with E-state index in [0.717, 1.165) is 23.6 Å². The average Bonchev–Trinajstić information content (AvgIpc) is 2.89. The number of methoxy groups -OCH3 is 1. The molecule has 0 radical (unpaired) electrons. The third kappa shape index (κ3) is 3.59. The van der Waals surface area contributed by atoms with Crippen molar-refractivity contribution in [3.05, 3.63) is 21.4 Å². The van der Waals surface area contributed by atoms with Crippen molar-refractivity contribution in [2.75, 3.05) is 20.3 Å². The van der Waals surface area contributed by atoms with E-state index in [1.807, 2.05) is 6.07 Å². The van der Waals surface area contributed by atoms with Gasteiger partial charge in [-0.25, -0.2) is 0 Å². The Morgan fingerprint density at radius 3 is 3.10 bits per heavy atom. The Bertz CT molecular complexity index is 458. The summed E-state index contributed by atoms with van der Waals surface area (Å²) >= 11 is 1.59. The van der Waals surface area contributed by atoms with Gasteiger partial charge in [-0.05, 0) is 36.8 Å². The first kappa shape index (κ1) is 15.5. The second kappa shape index (κ2) is 7.20. The summed E-state index contributed by atoms with van der Waals surface area (Å²) in [6.07, 6.45) is 4.62. The smallest absolute Gasteiger partial charge is 0.261 e. The number of rotatable bonds is 6. The molecule has 0 saturated carbocycles. The van der Waals surface area contributed by atoms with Crippen LogP contribution in [-0.4, -0.2) is 37.4 Å². The number of aliphatic hydroxyl groups is 1. The summed E-state index contributed by atoms with van der Waals surface area (Å²) in [6, 6.07) is 1.69. The number of carbonyl (C=O) groups excluding carboxylic acids is 1. The fourth-order valence-corrected chi connectivity index (χ4v) is 3.77. The zero-order chi connectivity index (χ0) is 14.5. The first-order valence-corrected chi connectivity index (χ1v) is 8.01. The van der Waals surface area contributed by atoms with Crippen LogP contribution in [0.5, 0.6) is 0 Å². The first-order chi connectivity index (χ1) is 9.67. The quantitative estimate of drug-likeness (QED) is 0.844. The van der Waals surface area contributed by atoms with E-state index in [9.17, 15) is 9.90 Å². The predicted molar refractivity (Wildman–Crippen MR) is 80.3 cm³/mol. The molecule has 0 fully saturated rings. The van der Waals surface area contributed by atoms with E-state index in [2.05, 4.69) is 12.2 Å². The molecule has 112 valence electrons. The average molecular weight is 297 g/mol. The number of fused-ring (bicyclic) bond motifs is 1. The van der Waals surface area contributed by atoms with Gasteiger partial charge in [0.1, 0.15) is 0 Å². The van der Waals surface area contributed by atoms with Gasteiger partial charge in [0.2, 0.25) is 0 Å². The summed E-state index contributed by atoms with van der Waals surface area (Å²) in [5.41, 5.74) is 1.34. The third-order valence-corrected chi connectivity index (χ3v) is 5.15. The number of hydrogen-bond acceptors (Lipinski definition) is 4. The van der Waals surface area contributed by atoms with Crippen LogP contribution in [0.2, 0.25) is 0 Å². The molecule has 0 aromatic carbocycles. The van der Waals surface area contributed by atoms with E-state index in [1.165, 1.54) is 23.3 Å². The lowest BCUT2D eigenvalue weighted by atomic mass is 9.87. The lowest BCUT2D eigenvalue weighted by molar-refractivity contribution is 0.0843. The number of aryl methyl sites for hydroxylation is 1. The molecule has 1 aliphatic rings. The van der Waals surface area contributed by atoms with Crippen molar-refractivity contribution in [1.82, 2.24) is 5.32 Å². The summed E-state index contributed by atoms with van der Waals surface area (Å²) in [4.78, 5) is 14.3. The Balaban J connectivity index is 2.03. The van der Waals surface area contributed by atoms with Gasteiger partial charge in [0.25, 0.3) is 5.91 Å². The van der Waals surface area contributed by atoms with Gasteiger partial charge < -0.3 is 15.2 Å². The molecule has 1 aromatic rings. The van der Waals surface area contributed by atoms with Crippen LogP contribution in [0.4, 0.5) is 0 Å². The maximum Gasteiger partial charge on any atom is 0.261 e. The Morgan fingerprint density at radius 2 is 2.45 bits per heavy atom. The SMILES string of the molecule is CCC1CCc2sc(C(=O)NC(CO)COC)cc2C1. The van der Waals surface area contributed by atoms with Gasteiger partial charge in [-0.15, -0.1) is 11.3 Å². The highest BCUT2D eigenvalue weighted by Crippen LogP contribution is 2.33. The lowest BCUT2D eigenvalue weighted by Crippen LogP contribution is -2.40. The van der Waals surface area contributed by atoms with Crippen LogP contribution in [0.25, 0.3) is 0 Å². The minimum Gasteiger partial charge on any atom is -0.394 e. The van der Waals surface area contributed by atoms with E-state index >= 15 is 0 Å². The molecule has 0 aliphatic heterocycles. The molecule has 0 bridgehead atoms. The molecule has 4 nitrogen and oxygen atoms in total. The van der Waals surface area contributed by atoms with Gasteiger partial charge in [0.05, 0.1) is 24.1 Å².